The molecular weight excluding hydrogens is 178 g/mol. The van der Waals surface area contributed by atoms with E-state index in [2.05, 4.69) is 13.8 Å². The second-order valence-corrected chi connectivity index (χ2v) is 3.88. The molecule has 3 nitrogen and oxygen atoms in total. The fraction of sp³-hybridized carbons (Fsp3) is 0.909. The third kappa shape index (κ3) is 4.09. The van der Waals surface area contributed by atoms with Crippen LogP contribution in [0.4, 0.5) is 0 Å². The molecule has 0 bridgehead atoms. The topological polar surface area (TPSA) is 40.5 Å². The summed E-state index contributed by atoms with van der Waals surface area (Å²) in [5, 5.41) is 8.96. The van der Waals surface area contributed by atoms with E-state index in [1.807, 2.05) is 18.9 Å². The Bertz CT molecular complexity index is 167. The first-order valence-electron chi connectivity index (χ1n) is 5.49. The van der Waals surface area contributed by atoms with E-state index in [0.717, 1.165) is 19.4 Å². The normalized spacial score (nSPS) is 13.6. The maximum atomic E-state index is 10.9. The number of aliphatic carboxylic acids is 1. The van der Waals surface area contributed by atoms with Gasteiger partial charge >= 0.3 is 5.97 Å². The van der Waals surface area contributed by atoms with Crippen molar-refractivity contribution < 1.29 is 9.90 Å². The van der Waals surface area contributed by atoms with Gasteiger partial charge in [0.2, 0.25) is 0 Å². The van der Waals surface area contributed by atoms with Crippen molar-refractivity contribution in [1.82, 2.24) is 4.90 Å². The number of hydrogen-bond donors (Lipinski definition) is 1. The number of nitrogens with zero attached hydrogens (tertiary/aromatic N) is 1. The van der Waals surface area contributed by atoms with Crippen molar-refractivity contribution in [3.8, 4) is 0 Å². The quantitative estimate of drug-likeness (QED) is 0.686. The third-order valence-electron chi connectivity index (χ3n) is 2.90. The van der Waals surface area contributed by atoms with Crippen LogP contribution in [0, 0.1) is 5.92 Å². The van der Waals surface area contributed by atoms with E-state index in [-0.39, 0.29) is 6.04 Å². The fourth-order valence-electron chi connectivity index (χ4n) is 1.76. The Morgan fingerprint density at radius 2 is 1.71 bits per heavy atom. The molecular formula is C11H23NO2. The first-order chi connectivity index (χ1) is 6.56. The molecule has 0 rings (SSSR count). The zero-order chi connectivity index (χ0) is 11.1. The molecule has 0 spiro atoms. The molecule has 0 aliphatic carbocycles. The fourth-order valence-corrected chi connectivity index (χ4v) is 1.76. The number of likely N-dealkylation sites (N-methyl/N-ethyl adjacent to an activating group) is 1. The first-order valence-corrected chi connectivity index (χ1v) is 5.49. The standard InChI is InChI=1S/C11H23NO2/c1-5-9(6-2)8-12(4)10(7-3)11(13)14/h9-10H,5-8H2,1-4H3,(H,13,14). The molecule has 14 heavy (non-hydrogen) atoms. The van der Waals surface area contributed by atoms with Crippen LogP contribution >= 0.6 is 0 Å². The van der Waals surface area contributed by atoms with Gasteiger partial charge in [0.05, 0.1) is 0 Å². The summed E-state index contributed by atoms with van der Waals surface area (Å²) >= 11 is 0. The summed E-state index contributed by atoms with van der Waals surface area (Å²) in [6.07, 6.45) is 2.92. The summed E-state index contributed by atoms with van der Waals surface area (Å²) in [5.74, 6) is -0.0886. The molecule has 0 heterocycles. The average Bonchev–Trinajstić information content (AvgIpc) is 2.14. The van der Waals surface area contributed by atoms with Gasteiger partial charge in [0, 0.05) is 6.54 Å². The Hall–Kier alpha value is -0.570. The van der Waals surface area contributed by atoms with Crippen LogP contribution in [-0.2, 0) is 4.79 Å². The zero-order valence-electron chi connectivity index (χ0n) is 9.79. The van der Waals surface area contributed by atoms with Crippen LogP contribution in [0.5, 0.6) is 0 Å². The smallest absolute Gasteiger partial charge is 0.320 e. The Kier molecular flexibility index (Phi) is 6.54. The molecule has 0 aromatic heterocycles. The van der Waals surface area contributed by atoms with Gasteiger partial charge in [-0.25, -0.2) is 0 Å². The largest absolute Gasteiger partial charge is 0.480 e. The van der Waals surface area contributed by atoms with Gasteiger partial charge in [0.15, 0.2) is 0 Å². The predicted octanol–water partition coefficient (Wildman–Crippen LogP) is 2.22. The monoisotopic (exact) mass is 201 g/mol. The molecule has 0 aromatic rings. The lowest BCUT2D eigenvalue weighted by atomic mass is 10.0. The molecule has 3 heteroatoms. The Morgan fingerprint density at radius 3 is 2.00 bits per heavy atom. The lowest BCUT2D eigenvalue weighted by Gasteiger charge is -2.27. The van der Waals surface area contributed by atoms with Crippen molar-refractivity contribution in [3.63, 3.8) is 0 Å². The Morgan fingerprint density at radius 1 is 1.21 bits per heavy atom. The highest BCUT2D eigenvalue weighted by Crippen LogP contribution is 2.12. The first kappa shape index (κ1) is 13.4. The van der Waals surface area contributed by atoms with Crippen LogP contribution in [-0.4, -0.2) is 35.6 Å². The van der Waals surface area contributed by atoms with Gasteiger partial charge in [-0.15, -0.1) is 0 Å². The van der Waals surface area contributed by atoms with E-state index in [4.69, 9.17) is 5.11 Å². The van der Waals surface area contributed by atoms with E-state index in [0.29, 0.717) is 12.3 Å². The Balaban J connectivity index is 4.15. The maximum absolute atomic E-state index is 10.9. The van der Waals surface area contributed by atoms with Gasteiger partial charge in [-0.2, -0.15) is 0 Å². The van der Waals surface area contributed by atoms with Gasteiger partial charge in [-0.3, -0.25) is 9.69 Å². The molecule has 0 radical (unpaired) electrons. The van der Waals surface area contributed by atoms with Crippen LogP contribution in [0.3, 0.4) is 0 Å². The van der Waals surface area contributed by atoms with Crippen LogP contribution in [0.25, 0.3) is 0 Å². The van der Waals surface area contributed by atoms with Gasteiger partial charge in [0.25, 0.3) is 0 Å². The summed E-state index contributed by atoms with van der Waals surface area (Å²) in [6, 6.07) is -0.324. The molecule has 84 valence electrons. The SMILES string of the molecule is CCC(CC)CN(C)C(CC)C(=O)O. The summed E-state index contributed by atoms with van der Waals surface area (Å²) in [6.45, 7) is 7.12. The van der Waals surface area contributed by atoms with Crippen LogP contribution < -0.4 is 0 Å². The number of carbonyl (C=O) groups is 1. The molecule has 0 aliphatic heterocycles. The summed E-state index contributed by atoms with van der Waals surface area (Å²) < 4.78 is 0. The molecule has 0 aliphatic rings. The number of rotatable bonds is 7. The molecule has 1 unspecified atom stereocenters. The van der Waals surface area contributed by atoms with E-state index < -0.39 is 5.97 Å². The van der Waals surface area contributed by atoms with Gasteiger partial charge in [-0.05, 0) is 19.4 Å². The van der Waals surface area contributed by atoms with Crippen LogP contribution in [0.15, 0.2) is 0 Å². The molecule has 1 atom stereocenters. The highest BCUT2D eigenvalue weighted by Gasteiger charge is 2.21. The molecule has 0 aromatic carbocycles. The van der Waals surface area contributed by atoms with Gasteiger partial charge in [-0.1, -0.05) is 33.6 Å². The van der Waals surface area contributed by atoms with Crippen LogP contribution in [0.1, 0.15) is 40.0 Å². The molecule has 0 amide bonds. The number of carboxylic acid groups (broad SMARTS) is 1. The van der Waals surface area contributed by atoms with E-state index in [9.17, 15) is 4.79 Å². The minimum atomic E-state index is -0.707. The second kappa shape index (κ2) is 6.82. The van der Waals surface area contributed by atoms with E-state index in [1.165, 1.54) is 0 Å². The van der Waals surface area contributed by atoms with Crippen molar-refractivity contribution in [3.05, 3.63) is 0 Å². The molecule has 1 N–H and O–H groups in total. The van der Waals surface area contributed by atoms with Crippen molar-refractivity contribution in [2.24, 2.45) is 5.92 Å². The molecule has 0 fully saturated rings. The van der Waals surface area contributed by atoms with Crippen molar-refractivity contribution in [2.75, 3.05) is 13.6 Å². The van der Waals surface area contributed by atoms with Crippen LogP contribution in [0.2, 0.25) is 0 Å². The number of carboxylic acids is 1. The summed E-state index contributed by atoms with van der Waals surface area (Å²) in [5.41, 5.74) is 0. The molecule has 0 saturated heterocycles. The Labute approximate surface area is 87.1 Å². The van der Waals surface area contributed by atoms with Crippen molar-refractivity contribution in [1.29, 1.82) is 0 Å². The average molecular weight is 201 g/mol. The van der Waals surface area contributed by atoms with Crippen molar-refractivity contribution in [2.45, 2.75) is 46.1 Å². The number of hydrogen-bond acceptors (Lipinski definition) is 2. The minimum absolute atomic E-state index is 0.324. The second-order valence-electron chi connectivity index (χ2n) is 3.88. The minimum Gasteiger partial charge on any atom is -0.480 e. The third-order valence-corrected chi connectivity index (χ3v) is 2.90. The van der Waals surface area contributed by atoms with E-state index >= 15 is 0 Å². The lowest BCUT2D eigenvalue weighted by Crippen LogP contribution is -2.40. The molecule has 0 saturated carbocycles. The highest BCUT2D eigenvalue weighted by atomic mass is 16.4. The lowest BCUT2D eigenvalue weighted by molar-refractivity contribution is -0.143. The predicted molar refractivity (Wildman–Crippen MR) is 58.4 cm³/mol. The van der Waals surface area contributed by atoms with E-state index in [1.54, 1.807) is 0 Å². The van der Waals surface area contributed by atoms with Gasteiger partial charge < -0.3 is 5.11 Å². The van der Waals surface area contributed by atoms with Gasteiger partial charge in [0.1, 0.15) is 6.04 Å². The summed E-state index contributed by atoms with van der Waals surface area (Å²) in [4.78, 5) is 12.8. The maximum Gasteiger partial charge on any atom is 0.320 e. The van der Waals surface area contributed by atoms with Crippen molar-refractivity contribution >= 4 is 5.97 Å². The highest BCUT2D eigenvalue weighted by molar-refractivity contribution is 5.73. The zero-order valence-corrected chi connectivity index (χ0v) is 9.79. The summed E-state index contributed by atoms with van der Waals surface area (Å²) in [7, 11) is 1.90.